The zero-order chi connectivity index (χ0) is 7.98. The molecule has 3 N–H and O–H groups in total. The van der Waals surface area contributed by atoms with E-state index in [0.717, 1.165) is 0 Å². The van der Waals surface area contributed by atoms with E-state index < -0.39 is 11.9 Å². The van der Waals surface area contributed by atoms with Gasteiger partial charge < -0.3 is 15.7 Å². The molecule has 0 spiro atoms. The fraction of sp³-hybridized carbons (Fsp3) is 0.600. The number of likely N-dealkylation sites (N-methyl/N-ethyl adjacent to an activating group) is 1. The number of amides is 1. The Hall–Kier alpha value is -1.10. The van der Waals surface area contributed by atoms with Gasteiger partial charge in [0.15, 0.2) is 0 Å². The van der Waals surface area contributed by atoms with Crippen molar-refractivity contribution >= 4 is 11.9 Å². The molecule has 58 valence electrons. The molecule has 0 saturated carbocycles. The molecule has 0 aliphatic carbocycles. The molecule has 1 amide bonds. The second kappa shape index (κ2) is 4.75. The van der Waals surface area contributed by atoms with Gasteiger partial charge in [-0.15, -0.1) is 0 Å². The lowest BCUT2D eigenvalue weighted by atomic mass is 10.5. The number of carboxylic acids is 1. The molecule has 0 atom stereocenters. The highest BCUT2D eigenvalue weighted by Crippen LogP contribution is 1.63. The number of rotatable bonds is 3. The summed E-state index contributed by atoms with van der Waals surface area (Å²) in [5.41, 5.74) is 0. The summed E-state index contributed by atoms with van der Waals surface area (Å²) in [6, 6.07) is 0. The molecule has 0 aromatic heterocycles. The molecule has 0 aromatic rings. The highest BCUT2D eigenvalue weighted by atomic mass is 16.4. The van der Waals surface area contributed by atoms with Crippen molar-refractivity contribution in [3.63, 3.8) is 0 Å². The number of carboxylic acid groups (broad SMARTS) is 1. The molecule has 0 rings (SSSR count). The molecule has 0 aliphatic heterocycles. The van der Waals surface area contributed by atoms with Crippen LogP contribution in [-0.4, -0.2) is 37.1 Å². The van der Waals surface area contributed by atoms with Crippen LogP contribution in [0, 0.1) is 0 Å². The van der Waals surface area contributed by atoms with Gasteiger partial charge in [0.1, 0.15) is 0 Å². The molecule has 5 nitrogen and oxygen atoms in total. The summed E-state index contributed by atoms with van der Waals surface area (Å²) in [5.74, 6) is -2.41. The van der Waals surface area contributed by atoms with Gasteiger partial charge in [-0.1, -0.05) is 0 Å². The predicted octanol–water partition coefficient (Wildman–Crippen LogP) is -1.59. The van der Waals surface area contributed by atoms with Crippen LogP contribution in [0.4, 0.5) is 0 Å². The van der Waals surface area contributed by atoms with Crippen LogP contribution in [0.1, 0.15) is 0 Å². The zero-order valence-electron chi connectivity index (χ0n) is 5.68. The van der Waals surface area contributed by atoms with Crippen molar-refractivity contribution in [1.82, 2.24) is 10.6 Å². The molecule has 0 unspecified atom stereocenters. The summed E-state index contributed by atoms with van der Waals surface area (Å²) < 4.78 is 0. The summed E-state index contributed by atoms with van der Waals surface area (Å²) in [6.07, 6.45) is 0. The molecule has 0 bridgehead atoms. The van der Waals surface area contributed by atoms with Crippen LogP contribution < -0.4 is 10.6 Å². The van der Waals surface area contributed by atoms with E-state index in [2.05, 4.69) is 10.6 Å². The summed E-state index contributed by atoms with van der Waals surface area (Å²) in [7, 11) is 1.72. The number of hydrogen-bond acceptors (Lipinski definition) is 3. The van der Waals surface area contributed by atoms with E-state index in [9.17, 15) is 9.59 Å². The first kappa shape index (κ1) is 8.90. The van der Waals surface area contributed by atoms with Crippen molar-refractivity contribution in [2.45, 2.75) is 0 Å². The SMILES string of the molecule is CNCCNC(=O)C(=O)O. The largest absolute Gasteiger partial charge is 0.474 e. The molecule has 0 saturated heterocycles. The first-order valence-corrected chi connectivity index (χ1v) is 2.84. The number of nitrogens with one attached hydrogen (secondary N) is 2. The summed E-state index contributed by atoms with van der Waals surface area (Å²) in [4.78, 5) is 20.1. The Kier molecular flexibility index (Phi) is 4.23. The number of carbonyl (C=O) groups excluding carboxylic acids is 1. The predicted molar refractivity (Wildman–Crippen MR) is 34.6 cm³/mol. The lowest BCUT2D eigenvalue weighted by Gasteiger charge is -1.98. The fourth-order valence-corrected chi connectivity index (χ4v) is 0.377. The fourth-order valence-electron chi connectivity index (χ4n) is 0.377. The quantitative estimate of drug-likeness (QED) is 0.331. The molecular weight excluding hydrogens is 136 g/mol. The third-order valence-corrected chi connectivity index (χ3v) is 0.855. The number of carbonyl (C=O) groups is 2. The van der Waals surface area contributed by atoms with Crippen LogP contribution in [-0.2, 0) is 9.59 Å². The maximum atomic E-state index is 10.3. The van der Waals surface area contributed by atoms with E-state index in [1.54, 1.807) is 7.05 Å². The van der Waals surface area contributed by atoms with E-state index in [1.165, 1.54) is 0 Å². The van der Waals surface area contributed by atoms with Crippen molar-refractivity contribution in [2.75, 3.05) is 20.1 Å². The maximum absolute atomic E-state index is 10.3. The van der Waals surface area contributed by atoms with Gasteiger partial charge in [-0.25, -0.2) is 4.79 Å². The van der Waals surface area contributed by atoms with Crippen molar-refractivity contribution in [3.8, 4) is 0 Å². The molecule has 0 aromatic carbocycles. The monoisotopic (exact) mass is 146 g/mol. The molecule has 0 radical (unpaired) electrons. The molecule has 10 heavy (non-hydrogen) atoms. The van der Waals surface area contributed by atoms with Crippen molar-refractivity contribution in [3.05, 3.63) is 0 Å². The Labute approximate surface area is 58.4 Å². The summed E-state index contributed by atoms with van der Waals surface area (Å²) in [6.45, 7) is 0.903. The van der Waals surface area contributed by atoms with Crippen molar-refractivity contribution in [2.24, 2.45) is 0 Å². The molecule has 0 fully saturated rings. The molecule has 0 heterocycles. The minimum Gasteiger partial charge on any atom is -0.474 e. The van der Waals surface area contributed by atoms with Gasteiger partial charge in [-0.2, -0.15) is 0 Å². The van der Waals surface area contributed by atoms with E-state index >= 15 is 0 Å². The lowest BCUT2D eigenvalue weighted by molar-refractivity contribution is -0.150. The van der Waals surface area contributed by atoms with Crippen LogP contribution in [0.5, 0.6) is 0 Å². The Balaban J connectivity index is 3.31. The van der Waals surface area contributed by atoms with Gasteiger partial charge in [0.25, 0.3) is 0 Å². The molecular formula is C5H10N2O3. The Morgan fingerprint density at radius 2 is 2.00 bits per heavy atom. The summed E-state index contributed by atoms with van der Waals surface area (Å²) in [5, 5.41) is 13.0. The average molecular weight is 146 g/mol. The third kappa shape index (κ3) is 3.85. The Bertz CT molecular complexity index is 135. The van der Waals surface area contributed by atoms with Crippen LogP contribution in [0.25, 0.3) is 0 Å². The van der Waals surface area contributed by atoms with Crippen molar-refractivity contribution in [1.29, 1.82) is 0 Å². The Morgan fingerprint density at radius 1 is 1.40 bits per heavy atom. The zero-order valence-corrected chi connectivity index (χ0v) is 5.68. The van der Waals surface area contributed by atoms with Crippen LogP contribution in [0.3, 0.4) is 0 Å². The number of aliphatic carboxylic acids is 1. The highest BCUT2D eigenvalue weighted by molar-refractivity contribution is 6.31. The first-order valence-electron chi connectivity index (χ1n) is 2.84. The van der Waals surface area contributed by atoms with Crippen molar-refractivity contribution < 1.29 is 14.7 Å². The maximum Gasteiger partial charge on any atom is 0.394 e. The van der Waals surface area contributed by atoms with Gasteiger partial charge in [0.05, 0.1) is 0 Å². The van der Waals surface area contributed by atoms with E-state index in [1.807, 2.05) is 0 Å². The van der Waals surface area contributed by atoms with E-state index in [4.69, 9.17) is 5.11 Å². The van der Waals surface area contributed by atoms with E-state index in [0.29, 0.717) is 13.1 Å². The topological polar surface area (TPSA) is 78.4 Å². The van der Waals surface area contributed by atoms with Crippen LogP contribution >= 0.6 is 0 Å². The molecule has 5 heteroatoms. The second-order valence-corrected chi connectivity index (χ2v) is 1.66. The smallest absolute Gasteiger partial charge is 0.394 e. The first-order chi connectivity index (χ1) is 4.68. The standard InChI is InChI=1S/C5H10N2O3/c1-6-2-3-7-4(8)5(9)10/h6H,2-3H2,1H3,(H,7,8)(H,9,10). The average Bonchev–Trinajstić information content (AvgIpc) is 1.88. The minimum atomic E-state index is -1.45. The minimum absolute atomic E-state index is 0.335. The lowest BCUT2D eigenvalue weighted by Crippen LogP contribution is -2.35. The number of hydrogen-bond donors (Lipinski definition) is 3. The van der Waals surface area contributed by atoms with Gasteiger partial charge >= 0.3 is 11.9 Å². The van der Waals surface area contributed by atoms with E-state index in [-0.39, 0.29) is 0 Å². The molecule has 0 aliphatic rings. The summed E-state index contributed by atoms with van der Waals surface area (Å²) >= 11 is 0. The Morgan fingerprint density at radius 3 is 2.40 bits per heavy atom. The van der Waals surface area contributed by atoms with Gasteiger partial charge in [0.2, 0.25) is 0 Å². The van der Waals surface area contributed by atoms with Gasteiger partial charge in [0, 0.05) is 13.1 Å². The van der Waals surface area contributed by atoms with Crippen LogP contribution in [0.2, 0.25) is 0 Å². The highest BCUT2D eigenvalue weighted by Gasteiger charge is 2.07. The van der Waals surface area contributed by atoms with Crippen LogP contribution in [0.15, 0.2) is 0 Å². The second-order valence-electron chi connectivity index (χ2n) is 1.66. The van der Waals surface area contributed by atoms with Gasteiger partial charge in [-0.3, -0.25) is 4.79 Å². The third-order valence-electron chi connectivity index (χ3n) is 0.855. The van der Waals surface area contributed by atoms with Gasteiger partial charge in [-0.05, 0) is 7.05 Å². The normalized spacial score (nSPS) is 8.90.